The van der Waals surface area contributed by atoms with Crippen LogP contribution in [0.2, 0.25) is 0 Å². The van der Waals surface area contributed by atoms with Crippen LogP contribution in [0.3, 0.4) is 0 Å². The summed E-state index contributed by atoms with van der Waals surface area (Å²) >= 11 is 0. The maximum atomic E-state index is 6.76. The van der Waals surface area contributed by atoms with Crippen molar-refractivity contribution in [2.24, 2.45) is 34.5 Å². The van der Waals surface area contributed by atoms with E-state index in [2.05, 4.69) is 77.9 Å². The Kier molecular flexibility index (Phi) is 7.98. The van der Waals surface area contributed by atoms with E-state index in [0.29, 0.717) is 17.3 Å². The second-order valence-electron chi connectivity index (χ2n) is 14.8. The van der Waals surface area contributed by atoms with Gasteiger partial charge in [0, 0.05) is 5.41 Å². The lowest BCUT2D eigenvalue weighted by Gasteiger charge is -2.40. The normalized spacial score (nSPS) is 27.1. The molecule has 0 spiro atoms. The number of hydrogen-bond acceptors (Lipinski definition) is 2. The molecular formula is C35H52O2. The van der Waals surface area contributed by atoms with Crippen molar-refractivity contribution in [3.8, 4) is 5.75 Å². The zero-order chi connectivity index (χ0) is 26.2. The van der Waals surface area contributed by atoms with E-state index >= 15 is 0 Å². The Balaban J connectivity index is 1.33. The minimum atomic E-state index is -0.152. The molecule has 3 aliphatic carbocycles. The molecule has 5 atom stereocenters. The first kappa shape index (κ1) is 27.0. The molecular weight excluding hydrogens is 452 g/mol. The number of ether oxygens (including phenoxy) is 2. The Morgan fingerprint density at radius 2 is 1.65 bits per heavy atom. The molecule has 3 saturated carbocycles. The molecule has 0 amide bonds. The van der Waals surface area contributed by atoms with Crippen molar-refractivity contribution in [2.45, 2.75) is 118 Å². The molecule has 2 aromatic carbocycles. The van der Waals surface area contributed by atoms with Crippen LogP contribution in [0, 0.1) is 34.5 Å². The zero-order valence-electron chi connectivity index (χ0n) is 24.5. The highest BCUT2D eigenvalue weighted by Crippen LogP contribution is 2.49. The van der Waals surface area contributed by atoms with Gasteiger partial charge in [-0.3, -0.25) is 0 Å². The number of benzene rings is 2. The van der Waals surface area contributed by atoms with Gasteiger partial charge in [0.2, 0.25) is 6.29 Å². The van der Waals surface area contributed by atoms with Gasteiger partial charge in [-0.25, -0.2) is 0 Å². The van der Waals surface area contributed by atoms with Gasteiger partial charge in [0.25, 0.3) is 0 Å². The fraction of sp³-hybridized carbons (Fsp3) is 0.714. The zero-order valence-corrected chi connectivity index (χ0v) is 24.5. The van der Waals surface area contributed by atoms with E-state index in [1.807, 2.05) is 0 Å². The van der Waals surface area contributed by atoms with Crippen LogP contribution in [0.4, 0.5) is 0 Å². The topological polar surface area (TPSA) is 18.5 Å². The molecule has 2 nitrogen and oxygen atoms in total. The van der Waals surface area contributed by atoms with Gasteiger partial charge in [-0.1, -0.05) is 91.5 Å². The van der Waals surface area contributed by atoms with Crippen molar-refractivity contribution in [1.29, 1.82) is 0 Å². The fourth-order valence-corrected chi connectivity index (χ4v) is 7.83. The van der Waals surface area contributed by atoms with Gasteiger partial charge in [-0.05, 0) is 102 Å². The van der Waals surface area contributed by atoms with Crippen molar-refractivity contribution < 1.29 is 9.47 Å². The smallest absolute Gasteiger partial charge is 0.205 e. The third-order valence-electron chi connectivity index (χ3n) is 10.1. The van der Waals surface area contributed by atoms with E-state index in [9.17, 15) is 0 Å². The molecule has 0 radical (unpaired) electrons. The summed E-state index contributed by atoms with van der Waals surface area (Å²) in [5, 5.41) is 2.58. The lowest BCUT2D eigenvalue weighted by Crippen LogP contribution is -2.42. The van der Waals surface area contributed by atoms with Gasteiger partial charge in [-0.15, -0.1) is 0 Å². The van der Waals surface area contributed by atoms with Gasteiger partial charge >= 0.3 is 0 Å². The van der Waals surface area contributed by atoms with Crippen molar-refractivity contribution in [3.63, 3.8) is 0 Å². The second-order valence-corrected chi connectivity index (χ2v) is 14.8. The van der Waals surface area contributed by atoms with Gasteiger partial charge in [0.1, 0.15) is 5.75 Å². The highest BCUT2D eigenvalue weighted by molar-refractivity contribution is 5.84. The Morgan fingerprint density at radius 1 is 0.919 bits per heavy atom. The highest BCUT2D eigenvalue weighted by atomic mass is 16.7. The first-order chi connectivity index (χ1) is 17.6. The lowest BCUT2D eigenvalue weighted by atomic mass is 9.75. The lowest BCUT2D eigenvalue weighted by molar-refractivity contribution is -0.172. The third-order valence-corrected chi connectivity index (χ3v) is 10.1. The predicted octanol–water partition coefficient (Wildman–Crippen LogP) is 10.1. The summed E-state index contributed by atoms with van der Waals surface area (Å²) < 4.78 is 13.5. The number of hydrogen-bond donors (Lipinski definition) is 0. The Bertz CT molecular complexity index is 1040. The summed E-state index contributed by atoms with van der Waals surface area (Å²) in [6.07, 6.45) is 13.1. The largest absolute Gasteiger partial charge is 0.464 e. The molecule has 2 heteroatoms. The highest BCUT2D eigenvalue weighted by Gasteiger charge is 2.42. The van der Waals surface area contributed by atoms with E-state index < -0.39 is 0 Å². The van der Waals surface area contributed by atoms with E-state index in [0.717, 1.165) is 30.1 Å². The van der Waals surface area contributed by atoms with Crippen LogP contribution in [-0.4, -0.2) is 12.9 Å². The molecule has 0 aromatic heterocycles. The first-order valence-electron chi connectivity index (χ1n) is 15.4. The second kappa shape index (κ2) is 10.9. The summed E-state index contributed by atoms with van der Waals surface area (Å²) in [4.78, 5) is 0. The van der Waals surface area contributed by atoms with E-state index in [1.165, 1.54) is 80.5 Å². The van der Waals surface area contributed by atoms with Gasteiger partial charge < -0.3 is 9.47 Å². The molecule has 2 aromatic rings. The van der Waals surface area contributed by atoms with Gasteiger partial charge in [0.15, 0.2) is 0 Å². The SMILES string of the molecule is CC(C)C(CC(C)(C)C)c1ccc2cc(OC(OCC3CC4CCC3C4)C3(C)CCCCC3)ccc2c1. The summed E-state index contributed by atoms with van der Waals surface area (Å²) in [6.45, 7) is 15.1. The van der Waals surface area contributed by atoms with Crippen molar-refractivity contribution >= 4 is 10.8 Å². The summed E-state index contributed by atoms with van der Waals surface area (Å²) in [5.74, 6) is 4.77. The van der Waals surface area contributed by atoms with E-state index in [-0.39, 0.29) is 11.7 Å². The number of fused-ring (bicyclic) bond motifs is 3. The number of rotatable bonds is 9. The maximum Gasteiger partial charge on any atom is 0.205 e. The standard InChI is InChI=1S/C35H52O2/c1-24(2)32(22-34(3,4)5)29-13-12-28-21-31(15-14-27(28)20-29)37-33(35(6)16-8-7-9-17-35)36-23-30-19-25-10-11-26(30)18-25/h12-15,20-21,24-26,30,32-33H,7-11,16-19,22-23H2,1-6H3. The molecule has 37 heavy (non-hydrogen) atoms. The maximum absolute atomic E-state index is 6.76. The molecule has 0 N–H and O–H groups in total. The first-order valence-corrected chi connectivity index (χ1v) is 15.4. The quantitative estimate of drug-likeness (QED) is 0.316. The minimum Gasteiger partial charge on any atom is -0.464 e. The van der Waals surface area contributed by atoms with Gasteiger partial charge in [0.05, 0.1) is 6.61 Å². The van der Waals surface area contributed by atoms with Crippen LogP contribution >= 0.6 is 0 Å². The molecule has 5 unspecified atom stereocenters. The predicted molar refractivity (Wildman–Crippen MR) is 156 cm³/mol. The summed E-state index contributed by atoms with van der Waals surface area (Å²) in [6, 6.07) is 13.8. The van der Waals surface area contributed by atoms with Crippen molar-refractivity contribution in [1.82, 2.24) is 0 Å². The molecule has 5 rings (SSSR count). The Labute approximate surface area is 226 Å². The molecule has 0 aliphatic heterocycles. The Hall–Kier alpha value is -1.54. The van der Waals surface area contributed by atoms with Gasteiger partial charge in [-0.2, -0.15) is 0 Å². The van der Waals surface area contributed by atoms with Crippen LogP contribution in [0.15, 0.2) is 36.4 Å². The van der Waals surface area contributed by atoms with Crippen molar-refractivity contribution in [2.75, 3.05) is 6.61 Å². The van der Waals surface area contributed by atoms with E-state index in [4.69, 9.17) is 9.47 Å². The molecule has 0 heterocycles. The van der Waals surface area contributed by atoms with Crippen LogP contribution in [0.5, 0.6) is 5.75 Å². The summed E-state index contributed by atoms with van der Waals surface area (Å²) in [5.41, 5.74) is 1.89. The molecule has 3 fully saturated rings. The Morgan fingerprint density at radius 3 is 2.30 bits per heavy atom. The molecule has 204 valence electrons. The minimum absolute atomic E-state index is 0.103. The van der Waals surface area contributed by atoms with Crippen LogP contribution in [-0.2, 0) is 4.74 Å². The monoisotopic (exact) mass is 504 g/mol. The van der Waals surface area contributed by atoms with E-state index in [1.54, 1.807) is 0 Å². The van der Waals surface area contributed by atoms with Crippen LogP contribution in [0.1, 0.15) is 117 Å². The molecule has 3 aliphatic rings. The summed E-state index contributed by atoms with van der Waals surface area (Å²) in [7, 11) is 0. The molecule has 2 bridgehead atoms. The average Bonchev–Trinajstić information content (AvgIpc) is 3.48. The molecule has 0 saturated heterocycles. The fourth-order valence-electron chi connectivity index (χ4n) is 7.83. The average molecular weight is 505 g/mol. The van der Waals surface area contributed by atoms with Crippen molar-refractivity contribution in [3.05, 3.63) is 42.0 Å². The van der Waals surface area contributed by atoms with Crippen LogP contribution < -0.4 is 4.74 Å². The van der Waals surface area contributed by atoms with Crippen LogP contribution in [0.25, 0.3) is 10.8 Å². The third kappa shape index (κ3) is 6.38.